The molecule has 1 aromatic rings. The lowest BCUT2D eigenvalue weighted by atomic mass is 9.43. The van der Waals surface area contributed by atoms with Gasteiger partial charge in [0.1, 0.15) is 5.82 Å². The van der Waals surface area contributed by atoms with Crippen molar-refractivity contribution in [1.82, 2.24) is 5.53 Å². The van der Waals surface area contributed by atoms with Gasteiger partial charge < -0.3 is 5.11 Å². The zero-order chi connectivity index (χ0) is 25.5. The lowest BCUT2D eigenvalue weighted by Crippen LogP contribution is -2.56. The molecule has 198 valence electrons. The maximum absolute atomic E-state index is 13.8. The fourth-order valence-electron chi connectivity index (χ4n) is 9.84. The minimum absolute atomic E-state index is 0.0809. The summed E-state index contributed by atoms with van der Waals surface area (Å²) in [6.45, 7) is 7.42. The molecule has 4 fully saturated rings. The van der Waals surface area contributed by atoms with Crippen LogP contribution in [0.4, 0.5) is 15.8 Å². The Morgan fingerprint density at radius 3 is 2.61 bits per heavy atom. The zero-order valence-corrected chi connectivity index (χ0v) is 22.5. The lowest BCUT2D eigenvalue weighted by Gasteiger charge is -2.62. The van der Waals surface area contributed by atoms with Gasteiger partial charge in [0.25, 0.3) is 0 Å². The van der Waals surface area contributed by atoms with E-state index >= 15 is 0 Å². The van der Waals surface area contributed by atoms with Crippen molar-refractivity contribution in [2.75, 3.05) is 23.6 Å². The molecule has 4 saturated carbocycles. The van der Waals surface area contributed by atoms with E-state index in [2.05, 4.69) is 26.3 Å². The van der Waals surface area contributed by atoms with E-state index in [9.17, 15) is 14.3 Å². The van der Waals surface area contributed by atoms with E-state index < -0.39 is 5.60 Å². The molecule has 0 amide bonds. The van der Waals surface area contributed by atoms with E-state index in [4.69, 9.17) is 0 Å². The number of carbonyl (C=O) groups excluding carboxylic acids is 1. The van der Waals surface area contributed by atoms with E-state index in [0.717, 1.165) is 61.7 Å². The van der Waals surface area contributed by atoms with Gasteiger partial charge in [-0.3, -0.25) is 14.8 Å². The predicted octanol–water partition coefficient (Wildman–Crippen LogP) is 5.87. The van der Waals surface area contributed by atoms with Gasteiger partial charge >= 0.3 is 0 Å². The topological polar surface area (TPSA) is 55.8 Å². The average Bonchev–Trinajstić information content (AvgIpc) is 3.36. The summed E-state index contributed by atoms with van der Waals surface area (Å²) >= 11 is 0. The Hall–Kier alpha value is -1.66. The molecule has 0 bridgehead atoms. The second-order valence-corrected chi connectivity index (χ2v) is 13.5. The SMILES string of the molecule is CC[C@@]1(O)CCC2(C)C(CCC3[C@@H]2CC[C@]2(C)[C@@H](C(=O)CN4NN(C)c5cc(F)ccc54)CC[C@@H]32)C1. The summed E-state index contributed by atoms with van der Waals surface area (Å²) in [5, 5.41) is 14.7. The third-order valence-corrected chi connectivity index (χ3v) is 12.0. The first-order chi connectivity index (χ1) is 17.1. The van der Waals surface area contributed by atoms with Crippen LogP contribution in [0, 0.1) is 46.2 Å². The Labute approximate surface area is 215 Å². The number of nitrogens with one attached hydrogen (secondary N) is 1. The van der Waals surface area contributed by atoms with Crippen molar-refractivity contribution in [2.45, 2.75) is 90.6 Å². The van der Waals surface area contributed by atoms with Crippen LogP contribution >= 0.6 is 0 Å². The van der Waals surface area contributed by atoms with E-state index in [-0.39, 0.29) is 17.2 Å². The Balaban J connectivity index is 1.18. The molecule has 5 aliphatic rings. The summed E-state index contributed by atoms with van der Waals surface area (Å²) in [5.41, 5.74) is 4.85. The first-order valence-electron chi connectivity index (χ1n) is 14.4. The van der Waals surface area contributed by atoms with Crippen LogP contribution in [0.5, 0.6) is 0 Å². The molecule has 0 aromatic heterocycles. The van der Waals surface area contributed by atoms with Crippen LogP contribution in [-0.4, -0.2) is 30.1 Å². The highest BCUT2D eigenvalue weighted by atomic mass is 19.1. The van der Waals surface area contributed by atoms with Crippen molar-refractivity contribution in [1.29, 1.82) is 0 Å². The smallest absolute Gasteiger partial charge is 0.157 e. The van der Waals surface area contributed by atoms with Gasteiger partial charge in [0.15, 0.2) is 5.78 Å². The number of aliphatic hydroxyl groups is 1. The number of benzene rings is 1. The molecule has 0 radical (unpaired) electrons. The molecule has 1 aliphatic heterocycles. The van der Waals surface area contributed by atoms with Gasteiger partial charge in [-0.2, -0.15) is 0 Å². The van der Waals surface area contributed by atoms with Gasteiger partial charge in [-0.15, -0.1) is 5.53 Å². The van der Waals surface area contributed by atoms with Gasteiger partial charge in [0.05, 0.1) is 23.5 Å². The molecular weight excluding hydrogens is 453 g/mol. The molecule has 0 spiro atoms. The number of hydrogen-bond donors (Lipinski definition) is 2. The van der Waals surface area contributed by atoms with Crippen LogP contribution in [0.2, 0.25) is 0 Å². The van der Waals surface area contributed by atoms with E-state index in [1.54, 1.807) is 11.1 Å². The first-order valence-corrected chi connectivity index (χ1v) is 14.4. The zero-order valence-electron chi connectivity index (χ0n) is 22.5. The Morgan fingerprint density at radius 2 is 1.83 bits per heavy atom. The molecule has 3 unspecified atom stereocenters. The Kier molecular flexibility index (Phi) is 5.77. The fourth-order valence-corrected chi connectivity index (χ4v) is 9.84. The number of hydrazine groups is 2. The van der Waals surface area contributed by atoms with Crippen molar-refractivity contribution >= 4 is 17.2 Å². The maximum Gasteiger partial charge on any atom is 0.157 e. The molecule has 4 aliphatic carbocycles. The number of rotatable bonds is 4. The number of anilines is 2. The number of nitrogens with zero attached hydrogens (tertiary/aromatic N) is 2. The summed E-state index contributed by atoms with van der Waals surface area (Å²) in [5.74, 6) is 2.88. The summed E-state index contributed by atoms with van der Waals surface area (Å²) in [6, 6.07) is 4.75. The minimum Gasteiger partial charge on any atom is -0.390 e. The van der Waals surface area contributed by atoms with Crippen molar-refractivity contribution in [3.63, 3.8) is 0 Å². The second-order valence-electron chi connectivity index (χ2n) is 13.5. The van der Waals surface area contributed by atoms with E-state index in [0.29, 0.717) is 29.6 Å². The molecular formula is C30H44FN3O2. The molecule has 8 atom stereocenters. The highest BCUT2D eigenvalue weighted by Crippen LogP contribution is 2.68. The summed E-state index contributed by atoms with van der Waals surface area (Å²) in [7, 11) is 1.86. The standard InChI is InChI=1S/C30H44FN3O2/c1-5-30(36)15-14-28(2)19(17-30)6-8-21-22-9-10-24(29(22,3)13-12-23(21)28)27(35)18-34-25-11-7-20(31)16-26(25)33(4)32-34/h7,11,16,19,21-24,32,36H,5-6,8-10,12-15,17-18H2,1-4H3/t19?,21?,22-,23-,24+,28?,29-,30+/m0/s1. The molecule has 1 heterocycles. The van der Waals surface area contributed by atoms with Gasteiger partial charge in [-0.05, 0) is 111 Å². The van der Waals surface area contributed by atoms with Crippen molar-refractivity contribution in [3.05, 3.63) is 24.0 Å². The predicted molar refractivity (Wildman–Crippen MR) is 141 cm³/mol. The molecule has 6 rings (SSSR count). The largest absolute Gasteiger partial charge is 0.390 e. The van der Waals surface area contributed by atoms with Crippen LogP contribution in [0.25, 0.3) is 0 Å². The number of Topliss-reactive ketones (excluding diaryl/α,β-unsaturated/α-hetero) is 1. The van der Waals surface area contributed by atoms with Crippen LogP contribution in [0.3, 0.4) is 0 Å². The summed E-state index contributed by atoms with van der Waals surface area (Å²) < 4.78 is 13.8. The number of hydrogen-bond acceptors (Lipinski definition) is 5. The number of ketones is 1. The molecule has 2 N–H and O–H groups in total. The van der Waals surface area contributed by atoms with Gasteiger partial charge in [0.2, 0.25) is 0 Å². The number of carbonyl (C=O) groups is 1. The minimum atomic E-state index is -0.451. The van der Waals surface area contributed by atoms with Crippen LogP contribution in [-0.2, 0) is 4.79 Å². The summed E-state index contributed by atoms with van der Waals surface area (Å²) in [4.78, 5) is 13.8. The first kappa shape index (κ1) is 24.7. The molecule has 6 heteroatoms. The van der Waals surface area contributed by atoms with Crippen LogP contribution in [0.15, 0.2) is 18.2 Å². The molecule has 0 saturated heterocycles. The highest BCUT2D eigenvalue weighted by Gasteiger charge is 2.62. The molecule has 36 heavy (non-hydrogen) atoms. The lowest BCUT2D eigenvalue weighted by molar-refractivity contribution is -0.154. The second kappa shape index (κ2) is 8.42. The summed E-state index contributed by atoms with van der Waals surface area (Å²) in [6.07, 6.45) is 11.0. The Morgan fingerprint density at radius 1 is 1.06 bits per heavy atom. The van der Waals surface area contributed by atoms with E-state index in [1.165, 1.54) is 37.8 Å². The highest BCUT2D eigenvalue weighted by molar-refractivity contribution is 5.89. The number of fused-ring (bicyclic) bond motifs is 6. The fraction of sp³-hybridized carbons (Fsp3) is 0.767. The molecule has 1 aromatic carbocycles. The normalized spacial score (nSPS) is 43.6. The van der Waals surface area contributed by atoms with Crippen molar-refractivity contribution in [2.24, 2.45) is 40.4 Å². The number of halogens is 1. The third kappa shape index (κ3) is 3.57. The van der Waals surface area contributed by atoms with Gasteiger partial charge in [0, 0.05) is 19.0 Å². The maximum atomic E-state index is 13.8. The molecule has 5 nitrogen and oxygen atoms in total. The third-order valence-electron chi connectivity index (χ3n) is 12.0. The monoisotopic (exact) mass is 497 g/mol. The van der Waals surface area contributed by atoms with Crippen LogP contribution in [0.1, 0.15) is 85.0 Å². The average molecular weight is 498 g/mol. The van der Waals surface area contributed by atoms with Crippen LogP contribution < -0.4 is 15.6 Å². The van der Waals surface area contributed by atoms with Crippen molar-refractivity contribution in [3.8, 4) is 0 Å². The van der Waals surface area contributed by atoms with Crippen molar-refractivity contribution < 1.29 is 14.3 Å². The van der Waals surface area contributed by atoms with Gasteiger partial charge in [-0.25, -0.2) is 4.39 Å². The van der Waals surface area contributed by atoms with Gasteiger partial charge in [-0.1, -0.05) is 20.8 Å². The quantitative estimate of drug-likeness (QED) is 0.545. The Bertz CT molecular complexity index is 1050. The van der Waals surface area contributed by atoms with E-state index in [1.807, 2.05) is 12.1 Å².